The highest BCUT2D eigenvalue weighted by Gasteiger charge is 2.32. The van der Waals surface area contributed by atoms with Gasteiger partial charge in [-0.2, -0.15) is 0 Å². The Labute approximate surface area is 118 Å². The summed E-state index contributed by atoms with van der Waals surface area (Å²) in [7, 11) is 0. The van der Waals surface area contributed by atoms with Crippen LogP contribution in [0.15, 0.2) is 39.8 Å². The largest absolute Gasteiger partial charge is 0.332 e. The molecule has 0 radical (unpaired) electrons. The van der Waals surface area contributed by atoms with Crippen molar-refractivity contribution in [3.05, 3.63) is 45.4 Å². The third-order valence-corrected chi connectivity index (χ3v) is 3.60. The van der Waals surface area contributed by atoms with Gasteiger partial charge in [0.2, 0.25) is 0 Å². The predicted octanol–water partition coefficient (Wildman–Crippen LogP) is 4.00. The third-order valence-electron chi connectivity index (χ3n) is 2.68. The van der Waals surface area contributed by atoms with Crippen LogP contribution in [0.3, 0.4) is 0 Å². The topological polar surface area (TPSA) is 20.3 Å². The van der Waals surface area contributed by atoms with Crippen LogP contribution >= 0.6 is 31.9 Å². The number of rotatable bonds is 4. The minimum atomic E-state index is 0.0781. The van der Waals surface area contributed by atoms with Crippen molar-refractivity contribution in [3.8, 4) is 0 Å². The molecule has 0 atom stereocenters. The summed E-state index contributed by atoms with van der Waals surface area (Å²) < 4.78 is 1.81. The van der Waals surface area contributed by atoms with Crippen molar-refractivity contribution >= 4 is 37.8 Å². The van der Waals surface area contributed by atoms with E-state index in [2.05, 4.69) is 38.4 Å². The molecule has 1 aromatic rings. The van der Waals surface area contributed by atoms with Crippen molar-refractivity contribution < 1.29 is 4.79 Å². The lowest BCUT2D eigenvalue weighted by atomic mass is 10.2. The number of hydrogen-bond acceptors (Lipinski definition) is 1. The smallest absolute Gasteiger partial charge is 0.254 e. The van der Waals surface area contributed by atoms with Crippen LogP contribution in [0.4, 0.5) is 0 Å². The average Bonchev–Trinajstić information content (AvgIpc) is 3.07. The molecule has 0 bridgehead atoms. The van der Waals surface area contributed by atoms with E-state index in [1.54, 1.807) is 6.08 Å². The number of amides is 1. The molecule has 0 heterocycles. The molecule has 1 saturated carbocycles. The minimum Gasteiger partial charge on any atom is -0.332 e. The molecule has 0 spiro atoms. The summed E-state index contributed by atoms with van der Waals surface area (Å²) in [4.78, 5) is 14.2. The van der Waals surface area contributed by atoms with Crippen LogP contribution in [0, 0.1) is 0 Å². The predicted molar refractivity (Wildman–Crippen MR) is 76.1 cm³/mol. The Bertz CT molecular complexity index is 434. The highest BCUT2D eigenvalue weighted by molar-refractivity contribution is 9.11. The first kappa shape index (κ1) is 12.8. The fourth-order valence-corrected chi connectivity index (χ4v) is 3.06. The quantitative estimate of drug-likeness (QED) is 0.745. The molecule has 0 aromatic heterocycles. The van der Waals surface area contributed by atoms with Crippen LogP contribution in [0.2, 0.25) is 0 Å². The van der Waals surface area contributed by atoms with Crippen molar-refractivity contribution in [2.45, 2.75) is 18.9 Å². The Morgan fingerprint density at radius 3 is 2.41 bits per heavy atom. The summed E-state index contributed by atoms with van der Waals surface area (Å²) in [6.45, 7) is 4.33. The Hall–Kier alpha value is -0.610. The summed E-state index contributed by atoms with van der Waals surface area (Å²) >= 11 is 6.80. The van der Waals surface area contributed by atoms with E-state index in [9.17, 15) is 4.79 Å². The summed E-state index contributed by atoms with van der Waals surface area (Å²) in [5, 5.41) is 0. The molecule has 1 aliphatic rings. The monoisotopic (exact) mass is 357 g/mol. The number of hydrogen-bond donors (Lipinski definition) is 0. The second-order valence-electron chi connectivity index (χ2n) is 4.14. The summed E-state index contributed by atoms with van der Waals surface area (Å²) in [5.74, 6) is 0.0781. The van der Waals surface area contributed by atoms with Gasteiger partial charge in [0.05, 0.1) is 0 Å². The van der Waals surface area contributed by atoms with Gasteiger partial charge in [0, 0.05) is 27.1 Å². The van der Waals surface area contributed by atoms with E-state index < -0.39 is 0 Å². The highest BCUT2D eigenvalue weighted by Crippen LogP contribution is 2.29. The highest BCUT2D eigenvalue weighted by atomic mass is 79.9. The SMILES string of the molecule is C=CCN(C(=O)c1cc(Br)cc(Br)c1)C1CC1. The van der Waals surface area contributed by atoms with E-state index >= 15 is 0 Å². The zero-order chi connectivity index (χ0) is 12.4. The van der Waals surface area contributed by atoms with Crippen molar-refractivity contribution in [2.75, 3.05) is 6.54 Å². The van der Waals surface area contributed by atoms with Gasteiger partial charge >= 0.3 is 0 Å². The summed E-state index contributed by atoms with van der Waals surface area (Å²) in [6.07, 6.45) is 3.99. The molecule has 90 valence electrons. The maximum absolute atomic E-state index is 12.4. The van der Waals surface area contributed by atoms with Gasteiger partial charge in [-0.3, -0.25) is 4.79 Å². The summed E-state index contributed by atoms with van der Waals surface area (Å²) in [6, 6.07) is 6.03. The van der Waals surface area contributed by atoms with E-state index in [1.807, 2.05) is 23.1 Å². The van der Waals surface area contributed by atoms with Crippen LogP contribution in [-0.4, -0.2) is 23.4 Å². The second-order valence-corrected chi connectivity index (χ2v) is 5.97. The Morgan fingerprint density at radius 2 is 1.94 bits per heavy atom. The van der Waals surface area contributed by atoms with Gasteiger partial charge in [0.25, 0.3) is 5.91 Å². The van der Waals surface area contributed by atoms with E-state index in [4.69, 9.17) is 0 Å². The Balaban J connectivity index is 2.24. The van der Waals surface area contributed by atoms with Crippen LogP contribution in [0.1, 0.15) is 23.2 Å². The van der Waals surface area contributed by atoms with Gasteiger partial charge in [0.1, 0.15) is 0 Å². The maximum atomic E-state index is 12.4. The molecule has 0 N–H and O–H groups in total. The zero-order valence-corrected chi connectivity index (χ0v) is 12.5. The molecule has 17 heavy (non-hydrogen) atoms. The molecule has 0 unspecified atom stereocenters. The minimum absolute atomic E-state index is 0.0781. The van der Waals surface area contributed by atoms with Crippen LogP contribution in [0.5, 0.6) is 0 Å². The Morgan fingerprint density at radius 1 is 1.35 bits per heavy atom. The van der Waals surface area contributed by atoms with Gasteiger partial charge in [-0.25, -0.2) is 0 Å². The molecule has 0 saturated heterocycles. The standard InChI is InChI=1S/C13H13Br2NO/c1-2-5-16(12-3-4-12)13(17)9-6-10(14)8-11(15)7-9/h2,6-8,12H,1,3-5H2. The number of carbonyl (C=O) groups is 1. The van der Waals surface area contributed by atoms with E-state index in [-0.39, 0.29) is 5.91 Å². The fourth-order valence-electron chi connectivity index (χ4n) is 1.77. The molecular weight excluding hydrogens is 346 g/mol. The molecule has 1 amide bonds. The molecule has 1 aromatic carbocycles. The van der Waals surface area contributed by atoms with E-state index in [0.717, 1.165) is 21.8 Å². The second kappa shape index (κ2) is 5.36. The van der Waals surface area contributed by atoms with Crippen LogP contribution in [0.25, 0.3) is 0 Å². The average molecular weight is 359 g/mol. The molecule has 1 aliphatic carbocycles. The van der Waals surface area contributed by atoms with Gasteiger partial charge in [-0.05, 0) is 31.0 Å². The lowest BCUT2D eigenvalue weighted by Crippen LogP contribution is -2.33. The van der Waals surface area contributed by atoms with Crippen molar-refractivity contribution in [1.29, 1.82) is 0 Å². The molecule has 2 rings (SSSR count). The van der Waals surface area contributed by atoms with Crippen molar-refractivity contribution in [3.63, 3.8) is 0 Å². The van der Waals surface area contributed by atoms with Crippen molar-refractivity contribution in [1.82, 2.24) is 4.90 Å². The lowest BCUT2D eigenvalue weighted by molar-refractivity contribution is 0.0762. The van der Waals surface area contributed by atoms with Gasteiger partial charge < -0.3 is 4.90 Å². The number of halogens is 2. The molecule has 4 heteroatoms. The fraction of sp³-hybridized carbons (Fsp3) is 0.308. The zero-order valence-electron chi connectivity index (χ0n) is 9.33. The van der Waals surface area contributed by atoms with Gasteiger partial charge in [-0.15, -0.1) is 6.58 Å². The molecule has 0 aliphatic heterocycles. The third kappa shape index (κ3) is 3.19. The van der Waals surface area contributed by atoms with Gasteiger partial charge in [0.15, 0.2) is 0 Å². The summed E-state index contributed by atoms with van der Waals surface area (Å²) in [5.41, 5.74) is 0.708. The van der Waals surface area contributed by atoms with Crippen molar-refractivity contribution in [2.24, 2.45) is 0 Å². The van der Waals surface area contributed by atoms with E-state index in [1.165, 1.54) is 0 Å². The maximum Gasteiger partial charge on any atom is 0.254 e. The number of carbonyl (C=O) groups excluding carboxylic acids is 1. The normalized spacial score (nSPS) is 14.5. The van der Waals surface area contributed by atoms with E-state index in [0.29, 0.717) is 18.2 Å². The first-order valence-corrected chi connectivity index (χ1v) is 7.08. The van der Waals surface area contributed by atoms with Gasteiger partial charge in [-0.1, -0.05) is 37.9 Å². The van der Waals surface area contributed by atoms with Crippen LogP contribution in [-0.2, 0) is 0 Å². The Kier molecular flexibility index (Phi) is 4.05. The first-order valence-electron chi connectivity index (χ1n) is 5.50. The molecule has 1 fully saturated rings. The molecular formula is C13H13Br2NO. The van der Waals surface area contributed by atoms with Crippen LogP contribution < -0.4 is 0 Å². The number of benzene rings is 1. The first-order chi connectivity index (χ1) is 8.11. The lowest BCUT2D eigenvalue weighted by Gasteiger charge is -2.20. The number of nitrogens with zero attached hydrogens (tertiary/aromatic N) is 1. The molecule has 2 nitrogen and oxygen atoms in total.